The van der Waals surface area contributed by atoms with Crippen molar-refractivity contribution >= 4 is 33.7 Å². The van der Waals surface area contributed by atoms with E-state index >= 15 is 0 Å². The van der Waals surface area contributed by atoms with Gasteiger partial charge in [-0.05, 0) is 68.3 Å². The Morgan fingerprint density at radius 1 is 0.882 bits per heavy atom. The summed E-state index contributed by atoms with van der Waals surface area (Å²) < 4.78 is 8.27. The standard InChI is InChI=1S/C27H23N3O4/c1-16-8-10-19(11-9-16)28-23(31)15-29-24-21-6-4-5-7-22(21)34-25(24)26(32)30(27(29)33)20-13-17(2)12-18(3)14-20/h4-14H,15H2,1-3H3,(H,28,31). The fourth-order valence-electron chi connectivity index (χ4n) is 4.28. The number of aryl methyl sites for hydroxylation is 3. The summed E-state index contributed by atoms with van der Waals surface area (Å²) in [6.07, 6.45) is 0. The van der Waals surface area contributed by atoms with Crippen LogP contribution < -0.4 is 16.6 Å². The molecule has 5 aromatic rings. The summed E-state index contributed by atoms with van der Waals surface area (Å²) in [5.74, 6) is -0.386. The number of nitrogens with one attached hydrogen (secondary N) is 1. The first-order valence-corrected chi connectivity index (χ1v) is 10.9. The summed E-state index contributed by atoms with van der Waals surface area (Å²) in [6.45, 7) is 5.48. The van der Waals surface area contributed by atoms with Crippen LogP contribution in [-0.2, 0) is 11.3 Å². The molecule has 0 radical (unpaired) electrons. The van der Waals surface area contributed by atoms with Crippen LogP contribution in [0, 0.1) is 20.8 Å². The van der Waals surface area contributed by atoms with Crippen LogP contribution in [0.25, 0.3) is 27.8 Å². The number of aromatic nitrogens is 2. The van der Waals surface area contributed by atoms with Gasteiger partial charge < -0.3 is 9.73 Å². The Morgan fingerprint density at radius 3 is 2.26 bits per heavy atom. The topological polar surface area (TPSA) is 86.2 Å². The number of anilines is 1. The Morgan fingerprint density at radius 2 is 1.56 bits per heavy atom. The number of fused-ring (bicyclic) bond motifs is 3. The maximum atomic E-state index is 13.7. The SMILES string of the molecule is Cc1ccc(NC(=O)Cn2c(=O)n(-c3cc(C)cc(C)c3)c(=O)c3oc4ccccc4c32)cc1. The molecule has 34 heavy (non-hydrogen) atoms. The fourth-order valence-corrected chi connectivity index (χ4v) is 4.28. The zero-order chi connectivity index (χ0) is 24.0. The Bertz CT molecular complexity index is 1670. The highest BCUT2D eigenvalue weighted by molar-refractivity contribution is 6.03. The van der Waals surface area contributed by atoms with E-state index in [4.69, 9.17) is 4.42 Å². The van der Waals surface area contributed by atoms with E-state index in [0.717, 1.165) is 21.3 Å². The minimum atomic E-state index is -0.604. The molecule has 3 aromatic carbocycles. The van der Waals surface area contributed by atoms with Crippen molar-refractivity contribution in [1.82, 2.24) is 9.13 Å². The summed E-state index contributed by atoms with van der Waals surface area (Å²) in [7, 11) is 0. The van der Waals surface area contributed by atoms with Crippen LogP contribution in [0.2, 0.25) is 0 Å². The van der Waals surface area contributed by atoms with Crippen LogP contribution in [0.3, 0.4) is 0 Å². The average Bonchev–Trinajstić information content (AvgIpc) is 3.18. The number of nitrogens with zero attached hydrogens (tertiary/aromatic N) is 2. The second-order valence-electron chi connectivity index (χ2n) is 8.55. The highest BCUT2D eigenvalue weighted by atomic mass is 16.3. The van der Waals surface area contributed by atoms with Gasteiger partial charge in [-0.1, -0.05) is 35.9 Å². The van der Waals surface area contributed by atoms with Crippen molar-refractivity contribution in [3.63, 3.8) is 0 Å². The molecule has 1 N–H and O–H groups in total. The molecule has 0 fully saturated rings. The molecule has 7 nitrogen and oxygen atoms in total. The van der Waals surface area contributed by atoms with Crippen molar-refractivity contribution in [3.8, 4) is 5.69 Å². The molecule has 170 valence electrons. The van der Waals surface area contributed by atoms with E-state index < -0.39 is 11.2 Å². The van der Waals surface area contributed by atoms with E-state index in [1.165, 1.54) is 4.57 Å². The fraction of sp³-hybridized carbons (Fsp3) is 0.148. The second kappa shape index (κ2) is 8.19. The lowest BCUT2D eigenvalue weighted by Gasteiger charge is -2.13. The van der Waals surface area contributed by atoms with Crippen molar-refractivity contribution in [2.75, 3.05) is 5.32 Å². The summed E-state index contributed by atoms with van der Waals surface area (Å²) in [4.78, 5) is 40.1. The Labute approximate surface area is 194 Å². The van der Waals surface area contributed by atoms with E-state index in [2.05, 4.69) is 5.32 Å². The molecule has 1 amide bonds. The zero-order valence-corrected chi connectivity index (χ0v) is 19.1. The number of rotatable bonds is 4. The lowest BCUT2D eigenvalue weighted by Crippen LogP contribution is -2.40. The van der Waals surface area contributed by atoms with Gasteiger partial charge >= 0.3 is 11.2 Å². The summed E-state index contributed by atoms with van der Waals surface area (Å²) in [5.41, 5.74) is 3.60. The molecule has 7 heteroatoms. The number of hydrogen-bond acceptors (Lipinski definition) is 4. The molecule has 0 saturated heterocycles. The van der Waals surface area contributed by atoms with Crippen molar-refractivity contribution in [2.45, 2.75) is 27.3 Å². The molecule has 0 atom stereocenters. The molecule has 0 bridgehead atoms. The van der Waals surface area contributed by atoms with Gasteiger partial charge in [0.25, 0.3) is 0 Å². The van der Waals surface area contributed by atoms with Crippen LogP contribution in [0.1, 0.15) is 16.7 Å². The van der Waals surface area contributed by atoms with Gasteiger partial charge in [-0.2, -0.15) is 0 Å². The second-order valence-corrected chi connectivity index (χ2v) is 8.55. The van der Waals surface area contributed by atoms with Crippen LogP contribution in [0.4, 0.5) is 5.69 Å². The van der Waals surface area contributed by atoms with E-state index in [1.54, 1.807) is 48.5 Å². The Kier molecular flexibility index (Phi) is 5.17. The predicted molar refractivity (Wildman–Crippen MR) is 133 cm³/mol. The smallest absolute Gasteiger partial charge is 0.336 e. The van der Waals surface area contributed by atoms with Gasteiger partial charge in [0.05, 0.1) is 5.69 Å². The van der Waals surface area contributed by atoms with Crippen LogP contribution >= 0.6 is 0 Å². The van der Waals surface area contributed by atoms with Crippen LogP contribution in [0.15, 0.2) is 80.7 Å². The number of furan rings is 1. The van der Waals surface area contributed by atoms with Crippen molar-refractivity contribution in [2.24, 2.45) is 0 Å². The minimum Gasteiger partial charge on any atom is -0.449 e. The third kappa shape index (κ3) is 3.71. The summed E-state index contributed by atoms with van der Waals surface area (Å²) in [6, 6.07) is 20.0. The first-order chi connectivity index (χ1) is 16.3. The Balaban J connectivity index is 1.73. The number of hydrogen-bond donors (Lipinski definition) is 1. The van der Waals surface area contributed by atoms with E-state index in [0.29, 0.717) is 27.9 Å². The maximum absolute atomic E-state index is 13.7. The molecule has 0 saturated carbocycles. The third-order valence-electron chi connectivity index (χ3n) is 5.76. The van der Waals surface area contributed by atoms with Gasteiger partial charge in [0.15, 0.2) is 0 Å². The van der Waals surface area contributed by atoms with Crippen molar-refractivity contribution in [3.05, 3.63) is 104 Å². The van der Waals surface area contributed by atoms with Gasteiger partial charge in [0.1, 0.15) is 17.6 Å². The lowest BCUT2D eigenvalue weighted by atomic mass is 10.1. The Hall–Kier alpha value is -4.39. The lowest BCUT2D eigenvalue weighted by molar-refractivity contribution is -0.116. The normalized spacial score (nSPS) is 11.3. The molecule has 2 aromatic heterocycles. The summed E-state index contributed by atoms with van der Waals surface area (Å²) in [5, 5.41) is 3.42. The molecule has 2 heterocycles. The van der Waals surface area contributed by atoms with Gasteiger partial charge in [-0.15, -0.1) is 0 Å². The molecule has 0 unspecified atom stereocenters. The molecular weight excluding hydrogens is 430 g/mol. The number of para-hydroxylation sites is 1. The van der Waals surface area contributed by atoms with Gasteiger partial charge in [0, 0.05) is 11.1 Å². The monoisotopic (exact) mass is 453 g/mol. The van der Waals surface area contributed by atoms with E-state index in [9.17, 15) is 14.4 Å². The largest absolute Gasteiger partial charge is 0.449 e. The zero-order valence-electron chi connectivity index (χ0n) is 19.1. The number of carbonyl (C=O) groups excluding carboxylic acids is 1. The van der Waals surface area contributed by atoms with Crippen LogP contribution in [-0.4, -0.2) is 15.0 Å². The van der Waals surface area contributed by atoms with Crippen molar-refractivity contribution < 1.29 is 9.21 Å². The third-order valence-corrected chi connectivity index (χ3v) is 5.76. The van der Waals surface area contributed by atoms with Gasteiger partial charge in [-0.3, -0.25) is 14.2 Å². The first-order valence-electron chi connectivity index (χ1n) is 10.9. The quantitative estimate of drug-likeness (QED) is 0.435. The molecule has 0 aliphatic rings. The van der Waals surface area contributed by atoms with E-state index in [1.807, 2.05) is 39.0 Å². The molecule has 0 spiro atoms. The number of carbonyl (C=O) groups is 1. The molecule has 5 rings (SSSR count). The van der Waals surface area contributed by atoms with Gasteiger partial charge in [-0.25, -0.2) is 9.36 Å². The molecule has 0 aliphatic heterocycles. The number of benzene rings is 3. The molecular formula is C27H23N3O4. The first kappa shape index (κ1) is 21.5. The summed E-state index contributed by atoms with van der Waals surface area (Å²) >= 11 is 0. The minimum absolute atomic E-state index is 0.0306. The van der Waals surface area contributed by atoms with Crippen molar-refractivity contribution in [1.29, 1.82) is 0 Å². The number of amides is 1. The highest BCUT2D eigenvalue weighted by Gasteiger charge is 2.22. The van der Waals surface area contributed by atoms with Gasteiger partial charge in [0.2, 0.25) is 11.5 Å². The van der Waals surface area contributed by atoms with Crippen LogP contribution in [0.5, 0.6) is 0 Å². The highest BCUT2D eigenvalue weighted by Crippen LogP contribution is 2.26. The average molecular weight is 453 g/mol. The molecule has 0 aliphatic carbocycles. The van der Waals surface area contributed by atoms with E-state index in [-0.39, 0.29) is 18.0 Å². The maximum Gasteiger partial charge on any atom is 0.336 e. The predicted octanol–water partition coefficient (Wildman–Crippen LogP) is 4.46.